The van der Waals surface area contributed by atoms with E-state index in [9.17, 15) is 0 Å². The maximum absolute atomic E-state index is 5.50. The lowest BCUT2D eigenvalue weighted by atomic mass is 9.96. The predicted octanol–water partition coefficient (Wildman–Crippen LogP) is 13.8. The third-order valence-corrected chi connectivity index (χ3v) is 12.3. The summed E-state index contributed by atoms with van der Waals surface area (Å²) in [5, 5.41) is 12.6. The molecular formula is C56H34N6. The molecule has 0 N–H and O–H groups in total. The molecule has 0 fully saturated rings. The lowest BCUT2D eigenvalue weighted by Gasteiger charge is -2.11. The van der Waals surface area contributed by atoms with Gasteiger partial charge in [0.1, 0.15) is 5.69 Å². The van der Waals surface area contributed by atoms with Crippen molar-refractivity contribution in [3.63, 3.8) is 0 Å². The minimum atomic E-state index is 0.593. The molecule has 0 atom stereocenters. The summed E-state index contributed by atoms with van der Waals surface area (Å²) in [5.74, 6) is 1.83. The number of benzene rings is 8. The fourth-order valence-corrected chi connectivity index (χ4v) is 9.52. The van der Waals surface area contributed by atoms with Gasteiger partial charge in [0.2, 0.25) is 0 Å². The summed E-state index contributed by atoms with van der Waals surface area (Å²) in [4.78, 5) is 15.7. The van der Waals surface area contributed by atoms with Crippen LogP contribution in [0.5, 0.6) is 0 Å². The van der Waals surface area contributed by atoms with Crippen LogP contribution in [0.3, 0.4) is 0 Å². The van der Waals surface area contributed by atoms with Gasteiger partial charge in [0.05, 0.1) is 27.8 Å². The van der Waals surface area contributed by atoms with E-state index in [1.54, 1.807) is 0 Å². The molecule has 0 aliphatic heterocycles. The van der Waals surface area contributed by atoms with Crippen LogP contribution < -0.4 is 0 Å². The van der Waals surface area contributed by atoms with E-state index in [1.807, 2.05) is 18.2 Å². The van der Waals surface area contributed by atoms with Crippen molar-refractivity contribution in [2.45, 2.75) is 0 Å². The highest BCUT2D eigenvalue weighted by Gasteiger charge is 2.24. The number of rotatable bonds is 6. The number of hydrogen-bond donors (Lipinski definition) is 0. The molecule has 0 bridgehead atoms. The average molecular weight is 791 g/mol. The van der Waals surface area contributed by atoms with Crippen LogP contribution in [-0.4, -0.2) is 29.0 Å². The van der Waals surface area contributed by atoms with E-state index in [1.165, 1.54) is 38.1 Å². The standard InChI is InChI=1S/C56H34N6/c1-4-17-35(18-5-1)49-34-38-23-10-11-26-42(38)53-50(36-19-6-2-7-20-36)51(60-62(49)53)39-24-16-25-40(31-39)55-57-54(37-21-8-3-9-22-37)58-56(59-55)41-32-45-43-27-12-14-29-47(43)61-48-30-15-13-28-44(48)46(33-41)52(45)61/h1-34H. The van der Waals surface area contributed by atoms with Crippen molar-refractivity contribution in [3.05, 3.63) is 206 Å². The van der Waals surface area contributed by atoms with Crippen molar-refractivity contribution in [1.29, 1.82) is 0 Å². The molecular weight excluding hydrogens is 757 g/mol. The van der Waals surface area contributed by atoms with Crippen LogP contribution in [0.2, 0.25) is 0 Å². The Morgan fingerprint density at radius 3 is 1.48 bits per heavy atom. The summed E-state index contributed by atoms with van der Waals surface area (Å²) in [5.41, 5.74) is 13.5. The Hall–Kier alpha value is -8.48. The van der Waals surface area contributed by atoms with Crippen LogP contribution in [0.4, 0.5) is 0 Å². The first-order valence-corrected chi connectivity index (χ1v) is 20.9. The second-order valence-corrected chi connectivity index (χ2v) is 15.9. The molecule has 0 aliphatic carbocycles. The van der Waals surface area contributed by atoms with Gasteiger partial charge in [0.25, 0.3) is 0 Å². The second kappa shape index (κ2) is 13.5. The fourth-order valence-electron chi connectivity index (χ4n) is 9.52. The van der Waals surface area contributed by atoms with Gasteiger partial charge in [0, 0.05) is 60.3 Å². The Morgan fingerprint density at radius 1 is 0.323 bits per heavy atom. The van der Waals surface area contributed by atoms with Crippen molar-refractivity contribution in [1.82, 2.24) is 29.0 Å². The SMILES string of the molecule is c1ccc(-c2nc(-c3cccc(-c4nn5c(-c6ccccc6)cc6ccccc6c5c4-c4ccccc4)c3)nc(-c3cc4c5ccccc5n5c6ccccc6c(c3)c45)n2)cc1. The molecule has 0 amide bonds. The van der Waals surface area contributed by atoms with Gasteiger partial charge in [-0.15, -0.1) is 0 Å². The highest BCUT2D eigenvalue weighted by atomic mass is 15.2. The van der Waals surface area contributed by atoms with E-state index in [4.69, 9.17) is 20.1 Å². The monoisotopic (exact) mass is 790 g/mol. The first kappa shape index (κ1) is 34.4. The topological polar surface area (TPSA) is 60.4 Å². The zero-order valence-corrected chi connectivity index (χ0v) is 33.3. The normalized spacial score (nSPS) is 11.9. The molecule has 6 heteroatoms. The highest BCUT2D eigenvalue weighted by Crippen LogP contribution is 2.43. The van der Waals surface area contributed by atoms with E-state index in [2.05, 4.69) is 197 Å². The number of aromatic nitrogens is 6. The summed E-state index contributed by atoms with van der Waals surface area (Å²) in [6.45, 7) is 0. The Kier molecular flexibility index (Phi) is 7.50. The Balaban J connectivity index is 1.05. The maximum Gasteiger partial charge on any atom is 0.164 e. The summed E-state index contributed by atoms with van der Waals surface area (Å²) < 4.78 is 4.53. The second-order valence-electron chi connectivity index (χ2n) is 15.9. The molecule has 0 saturated carbocycles. The Morgan fingerprint density at radius 2 is 0.823 bits per heavy atom. The smallest absolute Gasteiger partial charge is 0.164 e. The van der Waals surface area contributed by atoms with Crippen LogP contribution >= 0.6 is 0 Å². The summed E-state index contributed by atoms with van der Waals surface area (Å²) >= 11 is 0. The number of fused-ring (bicyclic) bond motifs is 9. The zero-order valence-electron chi connectivity index (χ0n) is 33.3. The Labute approximate surface area is 356 Å². The predicted molar refractivity (Wildman–Crippen MR) is 253 cm³/mol. The molecule has 62 heavy (non-hydrogen) atoms. The number of nitrogens with zero attached hydrogens (tertiary/aromatic N) is 6. The minimum Gasteiger partial charge on any atom is -0.308 e. The average Bonchev–Trinajstić information content (AvgIpc) is 4.03. The number of para-hydroxylation sites is 2. The summed E-state index contributed by atoms with van der Waals surface area (Å²) in [7, 11) is 0. The molecule has 5 heterocycles. The molecule has 0 spiro atoms. The molecule has 288 valence electrons. The fraction of sp³-hybridized carbons (Fsp3) is 0. The zero-order chi connectivity index (χ0) is 40.7. The van der Waals surface area contributed by atoms with E-state index < -0.39 is 0 Å². The third kappa shape index (κ3) is 5.23. The first-order chi connectivity index (χ1) is 30.7. The third-order valence-electron chi connectivity index (χ3n) is 12.3. The largest absolute Gasteiger partial charge is 0.308 e. The molecule has 8 aromatic carbocycles. The van der Waals surface area contributed by atoms with Crippen LogP contribution in [0, 0.1) is 0 Å². The number of hydrogen-bond acceptors (Lipinski definition) is 4. The van der Waals surface area contributed by atoms with Gasteiger partial charge in [-0.1, -0.05) is 170 Å². The molecule has 0 radical (unpaired) electrons. The number of pyridine rings is 1. The molecule has 5 aromatic heterocycles. The van der Waals surface area contributed by atoms with Gasteiger partial charge in [-0.05, 0) is 47.3 Å². The van der Waals surface area contributed by atoms with Crippen molar-refractivity contribution >= 4 is 54.4 Å². The molecule has 0 unspecified atom stereocenters. The maximum atomic E-state index is 5.50. The van der Waals surface area contributed by atoms with Gasteiger partial charge in [-0.2, -0.15) is 5.10 Å². The van der Waals surface area contributed by atoms with Gasteiger partial charge in [-0.25, -0.2) is 19.5 Å². The van der Waals surface area contributed by atoms with Crippen molar-refractivity contribution in [3.8, 4) is 67.8 Å². The van der Waals surface area contributed by atoms with Crippen LogP contribution in [-0.2, 0) is 0 Å². The molecule has 0 saturated heterocycles. The highest BCUT2D eigenvalue weighted by molar-refractivity contribution is 6.24. The lowest BCUT2D eigenvalue weighted by Crippen LogP contribution is -2.00. The lowest BCUT2D eigenvalue weighted by molar-refractivity contribution is 0.979. The van der Waals surface area contributed by atoms with Crippen molar-refractivity contribution in [2.75, 3.05) is 0 Å². The molecule has 6 nitrogen and oxygen atoms in total. The molecule has 13 aromatic rings. The van der Waals surface area contributed by atoms with Gasteiger partial charge in [-0.3, -0.25) is 0 Å². The molecule has 0 aliphatic rings. The first-order valence-electron chi connectivity index (χ1n) is 20.9. The van der Waals surface area contributed by atoms with E-state index in [0.717, 1.165) is 66.6 Å². The van der Waals surface area contributed by atoms with Crippen molar-refractivity contribution in [2.24, 2.45) is 0 Å². The van der Waals surface area contributed by atoms with Crippen molar-refractivity contribution < 1.29 is 0 Å². The van der Waals surface area contributed by atoms with E-state index in [0.29, 0.717) is 17.5 Å². The van der Waals surface area contributed by atoms with Gasteiger partial charge < -0.3 is 4.40 Å². The van der Waals surface area contributed by atoms with Crippen LogP contribution in [0.1, 0.15) is 0 Å². The van der Waals surface area contributed by atoms with Crippen LogP contribution in [0.25, 0.3) is 122 Å². The van der Waals surface area contributed by atoms with Crippen LogP contribution in [0.15, 0.2) is 206 Å². The van der Waals surface area contributed by atoms with E-state index >= 15 is 0 Å². The quantitative estimate of drug-likeness (QED) is 0.168. The van der Waals surface area contributed by atoms with Gasteiger partial charge in [0.15, 0.2) is 17.5 Å². The summed E-state index contributed by atoms with van der Waals surface area (Å²) in [6, 6.07) is 72.5. The van der Waals surface area contributed by atoms with Gasteiger partial charge >= 0.3 is 0 Å². The minimum absolute atomic E-state index is 0.593. The molecule has 13 rings (SSSR count). The summed E-state index contributed by atoms with van der Waals surface area (Å²) in [6.07, 6.45) is 0. The Bertz CT molecular complexity index is 3770. The van der Waals surface area contributed by atoms with E-state index in [-0.39, 0.29) is 0 Å².